The van der Waals surface area contributed by atoms with E-state index >= 15 is 0 Å². The average Bonchev–Trinajstić information content (AvgIpc) is 2.33. The normalized spacial score (nSPS) is 28.7. The van der Waals surface area contributed by atoms with E-state index in [4.69, 9.17) is 0 Å². The Morgan fingerprint density at radius 1 is 0.750 bits per heavy atom. The van der Waals surface area contributed by atoms with Gasteiger partial charge in [-0.2, -0.15) is 0 Å². The van der Waals surface area contributed by atoms with Gasteiger partial charge in [0.05, 0.1) is 0 Å². The van der Waals surface area contributed by atoms with Crippen molar-refractivity contribution in [1.82, 2.24) is 0 Å². The zero-order valence-electron chi connectivity index (χ0n) is 8.02. The Kier molecular flexibility index (Phi) is 2.53. The van der Waals surface area contributed by atoms with Gasteiger partial charge in [0.2, 0.25) is 0 Å². The molecule has 0 radical (unpaired) electrons. The fraction of sp³-hybridized carbons (Fsp3) is 0.833. The van der Waals surface area contributed by atoms with Crippen molar-refractivity contribution in [3.63, 3.8) is 0 Å². The monoisotopic (exact) mass is 164 g/mol. The van der Waals surface area contributed by atoms with Gasteiger partial charge in [0.1, 0.15) is 0 Å². The molecule has 12 heavy (non-hydrogen) atoms. The first-order chi connectivity index (χ1) is 5.91. The van der Waals surface area contributed by atoms with Crippen LogP contribution in [0, 0.1) is 5.41 Å². The van der Waals surface area contributed by atoms with E-state index in [0.717, 1.165) is 5.41 Å². The van der Waals surface area contributed by atoms with Gasteiger partial charge in [-0.05, 0) is 43.9 Å². The van der Waals surface area contributed by atoms with Crippen LogP contribution >= 0.6 is 0 Å². The van der Waals surface area contributed by atoms with Crippen molar-refractivity contribution in [3.8, 4) is 0 Å². The van der Waals surface area contributed by atoms with Gasteiger partial charge in [-0.1, -0.05) is 31.4 Å². The molecule has 0 bridgehead atoms. The summed E-state index contributed by atoms with van der Waals surface area (Å²) < 4.78 is 0. The smallest absolute Gasteiger partial charge is 0.0263 e. The lowest BCUT2D eigenvalue weighted by Crippen LogP contribution is -2.22. The van der Waals surface area contributed by atoms with Crippen LogP contribution in [0.4, 0.5) is 0 Å². The van der Waals surface area contributed by atoms with Crippen molar-refractivity contribution in [2.45, 2.75) is 57.8 Å². The maximum atomic E-state index is 2.44. The second-order valence-corrected chi connectivity index (χ2v) is 4.63. The molecule has 0 saturated heterocycles. The zero-order chi connectivity index (χ0) is 8.28. The Bertz CT molecular complexity index is 161. The van der Waals surface area contributed by atoms with E-state index in [1.54, 1.807) is 0 Å². The molecule has 0 heterocycles. The number of hydrogen-bond donors (Lipinski definition) is 0. The van der Waals surface area contributed by atoms with Gasteiger partial charge in [0.25, 0.3) is 0 Å². The molecule has 0 aromatic carbocycles. The SMILES string of the molecule is C1=CCC2(CCC1)CCCCC2. The van der Waals surface area contributed by atoms with E-state index in [1.165, 1.54) is 57.8 Å². The second kappa shape index (κ2) is 3.64. The van der Waals surface area contributed by atoms with E-state index in [1.807, 2.05) is 0 Å². The van der Waals surface area contributed by atoms with Crippen LogP contribution in [0.1, 0.15) is 57.8 Å². The van der Waals surface area contributed by atoms with E-state index in [9.17, 15) is 0 Å². The Balaban J connectivity index is 2.01. The summed E-state index contributed by atoms with van der Waals surface area (Å²) in [6.45, 7) is 0. The molecule has 0 nitrogen and oxygen atoms in total. The van der Waals surface area contributed by atoms with Gasteiger partial charge in [-0.25, -0.2) is 0 Å². The molecule has 1 fully saturated rings. The molecule has 68 valence electrons. The highest BCUT2D eigenvalue weighted by molar-refractivity contribution is 4.96. The van der Waals surface area contributed by atoms with Crippen LogP contribution < -0.4 is 0 Å². The molecule has 2 aliphatic rings. The zero-order valence-corrected chi connectivity index (χ0v) is 8.02. The largest absolute Gasteiger partial charge is 0.0885 e. The van der Waals surface area contributed by atoms with Crippen molar-refractivity contribution in [1.29, 1.82) is 0 Å². The lowest BCUT2D eigenvalue weighted by Gasteiger charge is -2.36. The average molecular weight is 164 g/mol. The van der Waals surface area contributed by atoms with Crippen LogP contribution in [-0.2, 0) is 0 Å². The molecule has 1 spiro atoms. The van der Waals surface area contributed by atoms with Crippen LogP contribution in [0.2, 0.25) is 0 Å². The predicted molar refractivity (Wildman–Crippen MR) is 53.1 cm³/mol. The van der Waals surface area contributed by atoms with Crippen LogP contribution in [0.15, 0.2) is 12.2 Å². The molecule has 0 atom stereocenters. The van der Waals surface area contributed by atoms with Crippen molar-refractivity contribution in [2.75, 3.05) is 0 Å². The molecule has 0 unspecified atom stereocenters. The van der Waals surface area contributed by atoms with Crippen molar-refractivity contribution in [2.24, 2.45) is 5.41 Å². The molecule has 2 rings (SSSR count). The minimum absolute atomic E-state index is 0.755. The van der Waals surface area contributed by atoms with Crippen molar-refractivity contribution in [3.05, 3.63) is 12.2 Å². The molecule has 0 N–H and O–H groups in total. The van der Waals surface area contributed by atoms with E-state index in [-0.39, 0.29) is 0 Å². The molecule has 2 aliphatic carbocycles. The van der Waals surface area contributed by atoms with Gasteiger partial charge in [-0.3, -0.25) is 0 Å². The summed E-state index contributed by atoms with van der Waals surface area (Å²) in [5.74, 6) is 0. The highest BCUT2D eigenvalue weighted by atomic mass is 14.4. The highest BCUT2D eigenvalue weighted by Crippen LogP contribution is 2.44. The van der Waals surface area contributed by atoms with Crippen LogP contribution in [0.3, 0.4) is 0 Å². The summed E-state index contributed by atoms with van der Waals surface area (Å²) in [6.07, 6.45) is 18.0. The second-order valence-electron chi connectivity index (χ2n) is 4.63. The number of allylic oxidation sites excluding steroid dienone is 2. The third kappa shape index (κ3) is 1.73. The summed E-state index contributed by atoms with van der Waals surface area (Å²) in [5.41, 5.74) is 0.755. The topological polar surface area (TPSA) is 0 Å². The Morgan fingerprint density at radius 2 is 1.50 bits per heavy atom. The van der Waals surface area contributed by atoms with Crippen molar-refractivity contribution < 1.29 is 0 Å². The molecule has 0 aliphatic heterocycles. The van der Waals surface area contributed by atoms with E-state index in [2.05, 4.69) is 12.2 Å². The fourth-order valence-corrected chi connectivity index (χ4v) is 2.90. The van der Waals surface area contributed by atoms with Gasteiger partial charge >= 0.3 is 0 Å². The minimum atomic E-state index is 0.755. The highest BCUT2D eigenvalue weighted by Gasteiger charge is 2.30. The number of rotatable bonds is 0. The molecular weight excluding hydrogens is 144 g/mol. The van der Waals surface area contributed by atoms with Crippen LogP contribution in [0.5, 0.6) is 0 Å². The first-order valence-electron chi connectivity index (χ1n) is 5.56. The van der Waals surface area contributed by atoms with Crippen molar-refractivity contribution >= 4 is 0 Å². The van der Waals surface area contributed by atoms with Gasteiger partial charge < -0.3 is 0 Å². The molecule has 0 aromatic heterocycles. The molecule has 0 amide bonds. The molecule has 0 heteroatoms. The van der Waals surface area contributed by atoms with Gasteiger partial charge in [0, 0.05) is 0 Å². The Labute approximate surface area is 76.1 Å². The maximum absolute atomic E-state index is 2.44. The summed E-state index contributed by atoms with van der Waals surface area (Å²) >= 11 is 0. The van der Waals surface area contributed by atoms with Crippen LogP contribution in [-0.4, -0.2) is 0 Å². The molecular formula is C12H20. The van der Waals surface area contributed by atoms with E-state index in [0.29, 0.717) is 0 Å². The summed E-state index contributed by atoms with van der Waals surface area (Å²) in [5, 5.41) is 0. The third-order valence-electron chi connectivity index (χ3n) is 3.71. The predicted octanol–water partition coefficient (Wildman–Crippen LogP) is 4.07. The lowest BCUT2D eigenvalue weighted by molar-refractivity contribution is 0.175. The standard InChI is InChI=1S/C12H20/c1-2-5-9-12(8-4-1)10-6-3-7-11-12/h1,4H,2-3,5-11H2. The summed E-state index contributed by atoms with van der Waals surface area (Å²) in [7, 11) is 0. The van der Waals surface area contributed by atoms with Crippen LogP contribution in [0.25, 0.3) is 0 Å². The number of hydrogen-bond acceptors (Lipinski definition) is 0. The third-order valence-corrected chi connectivity index (χ3v) is 3.71. The van der Waals surface area contributed by atoms with Gasteiger partial charge in [0.15, 0.2) is 0 Å². The Hall–Kier alpha value is -0.260. The molecule has 0 aromatic rings. The lowest BCUT2D eigenvalue weighted by atomic mass is 9.69. The Morgan fingerprint density at radius 3 is 2.33 bits per heavy atom. The summed E-state index contributed by atoms with van der Waals surface area (Å²) in [4.78, 5) is 0. The van der Waals surface area contributed by atoms with E-state index < -0.39 is 0 Å². The first kappa shape index (κ1) is 8.34. The maximum Gasteiger partial charge on any atom is -0.0263 e. The molecule has 1 saturated carbocycles. The van der Waals surface area contributed by atoms with Gasteiger partial charge in [-0.15, -0.1) is 0 Å². The fourth-order valence-electron chi connectivity index (χ4n) is 2.90. The quantitative estimate of drug-likeness (QED) is 0.473. The first-order valence-corrected chi connectivity index (χ1v) is 5.56. The minimum Gasteiger partial charge on any atom is -0.0885 e. The summed E-state index contributed by atoms with van der Waals surface area (Å²) in [6, 6.07) is 0.